The molecule has 3 rings (SSSR count). The van der Waals surface area contributed by atoms with Crippen molar-refractivity contribution >= 4 is 17.5 Å². The number of nitrogens with one attached hydrogen (secondary N) is 2. The van der Waals surface area contributed by atoms with Gasteiger partial charge in [-0.25, -0.2) is 0 Å². The molecule has 166 valence electrons. The number of hydrogen-bond donors (Lipinski definition) is 2. The summed E-state index contributed by atoms with van der Waals surface area (Å²) in [6.07, 6.45) is 4.58. The zero-order valence-electron chi connectivity index (χ0n) is 18.8. The van der Waals surface area contributed by atoms with Gasteiger partial charge in [0.1, 0.15) is 0 Å². The van der Waals surface area contributed by atoms with Crippen molar-refractivity contribution in [1.29, 1.82) is 0 Å². The molecule has 0 spiro atoms. The molecule has 1 aliphatic carbocycles. The standard InChI is InChI=1S/C26H35N3O2/c1-3-29(4-2)19-18-27-25(30)22-14-16-23(17-15-22)28-26(31)24(21-12-8-9-13-21)20-10-6-5-7-11-20/h5-7,10-11,14-17,21,24H,3-4,8-9,12-13,18-19H2,1-2H3,(H,27,30)(H,28,31)/t24-/m0/s1. The van der Waals surface area contributed by atoms with Crippen LogP contribution in [0.5, 0.6) is 0 Å². The topological polar surface area (TPSA) is 61.4 Å². The van der Waals surface area contributed by atoms with Crippen molar-refractivity contribution in [3.8, 4) is 0 Å². The molecule has 0 heterocycles. The number of nitrogens with zero attached hydrogens (tertiary/aromatic N) is 1. The first-order valence-corrected chi connectivity index (χ1v) is 11.6. The molecule has 0 saturated heterocycles. The van der Waals surface area contributed by atoms with Gasteiger partial charge >= 0.3 is 0 Å². The predicted octanol–water partition coefficient (Wildman–Crippen LogP) is 4.67. The van der Waals surface area contributed by atoms with Crippen LogP contribution in [0, 0.1) is 5.92 Å². The molecule has 1 fully saturated rings. The minimum atomic E-state index is -0.133. The average Bonchev–Trinajstić information content (AvgIpc) is 3.32. The first-order chi connectivity index (χ1) is 15.1. The van der Waals surface area contributed by atoms with Crippen LogP contribution in [0.1, 0.15) is 61.4 Å². The van der Waals surface area contributed by atoms with Crippen LogP contribution in [0.15, 0.2) is 54.6 Å². The maximum Gasteiger partial charge on any atom is 0.251 e. The van der Waals surface area contributed by atoms with E-state index in [1.165, 1.54) is 12.8 Å². The van der Waals surface area contributed by atoms with Crippen molar-refractivity contribution in [3.63, 3.8) is 0 Å². The molecule has 2 aromatic carbocycles. The Labute approximate surface area is 186 Å². The average molecular weight is 422 g/mol. The Morgan fingerprint density at radius 3 is 2.23 bits per heavy atom. The second-order valence-electron chi connectivity index (χ2n) is 8.28. The monoisotopic (exact) mass is 421 g/mol. The number of amides is 2. The van der Waals surface area contributed by atoms with E-state index in [4.69, 9.17) is 0 Å². The smallest absolute Gasteiger partial charge is 0.251 e. The number of carbonyl (C=O) groups excluding carboxylic acids is 2. The summed E-state index contributed by atoms with van der Waals surface area (Å²) in [6, 6.07) is 17.3. The van der Waals surface area contributed by atoms with E-state index in [-0.39, 0.29) is 17.7 Å². The van der Waals surface area contributed by atoms with Gasteiger partial charge in [0.25, 0.3) is 5.91 Å². The molecule has 2 amide bonds. The molecule has 1 saturated carbocycles. The normalized spacial score (nSPS) is 15.1. The molecule has 2 aromatic rings. The second kappa shape index (κ2) is 11.7. The van der Waals surface area contributed by atoms with Crippen molar-refractivity contribution in [1.82, 2.24) is 10.2 Å². The van der Waals surface area contributed by atoms with E-state index < -0.39 is 0 Å². The summed E-state index contributed by atoms with van der Waals surface area (Å²) in [7, 11) is 0. The fraction of sp³-hybridized carbons (Fsp3) is 0.462. The van der Waals surface area contributed by atoms with Crippen LogP contribution >= 0.6 is 0 Å². The van der Waals surface area contributed by atoms with Gasteiger partial charge < -0.3 is 15.5 Å². The Bertz CT molecular complexity index is 825. The number of carbonyl (C=O) groups is 2. The second-order valence-corrected chi connectivity index (χ2v) is 8.28. The van der Waals surface area contributed by atoms with E-state index in [1.807, 2.05) is 42.5 Å². The highest BCUT2D eigenvalue weighted by molar-refractivity contribution is 5.98. The molecule has 0 aromatic heterocycles. The fourth-order valence-electron chi connectivity index (χ4n) is 4.48. The molecule has 1 atom stereocenters. The molecule has 2 N–H and O–H groups in total. The summed E-state index contributed by atoms with van der Waals surface area (Å²) < 4.78 is 0. The zero-order chi connectivity index (χ0) is 22.1. The number of benzene rings is 2. The lowest BCUT2D eigenvalue weighted by Gasteiger charge is -2.23. The number of hydrogen-bond acceptors (Lipinski definition) is 3. The molecule has 1 aliphatic rings. The first-order valence-electron chi connectivity index (χ1n) is 11.6. The van der Waals surface area contributed by atoms with Crippen LogP contribution in [0.25, 0.3) is 0 Å². The lowest BCUT2D eigenvalue weighted by atomic mass is 9.84. The van der Waals surface area contributed by atoms with Crippen molar-refractivity contribution in [2.45, 2.75) is 45.4 Å². The highest BCUT2D eigenvalue weighted by Gasteiger charge is 2.31. The van der Waals surface area contributed by atoms with Gasteiger partial charge in [0.05, 0.1) is 5.92 Å². The lowest BCUT2D eigenvalue weighted by molar-refractivity contribution is -0.118. The highest BCUT2D eigenvalue weighted by Crippen LogP contribution is 2.38. The van der Waals surface area contributed by atoms with Crippen LogP contribution in [0.4, 0.5) is 5.69 Å². The molecule has 0 aliphatic heterocycles. The fourth-order valence-corrected chi connectivity index (χ4v) is 4.48. The Morgan fingerprint density at radius 1 is 0.968 bits per heavy atom. The van der Waals surface area contributed by atoms with Gasteiger partial charge in [0.2, 0.25) is 5.91 Å². The predicted molar refractivity (Wildman–Crippen MR) is 126 cm³/mol. The van der Waals surface area contributed by atoms with Crippen molar-refractivity contribution in [2.75, 3.05) is 31.5 Å². The minimum absolute atomic E-state index is 0.0366. The Morgan fingerprint density at radius 2 is 1.61 bits per heavy atom. The van der Waals surface area contributed by atoms with Crippen molar-refractivity contribution in [3.05, 3.63) is 65.7 Å². The highest BCUT2D eigenvalue weighted by atomic mass is 16.2. The van der Waals surface area contributed by atoms with Gasteiger partial charge in [-0.05, 0) is 61.7 Å². The van der Waals surface area contributed by atoms with E-state index in [0.29, 0.717) is 18.0 Å². The van der Waals surface area contributed by atoms with Crippen LogP contribution < -0.4 is 10.6 Å². The van der Waals surface area contributed by atoms with E-state index in [0.717, 1.165) is 43.7 Å². The minimum Gasteiger partial charge on any atom is -0.351 e. The van der Waals surface area contributed by atoms with Gasteiger partial charge in [0, 0.05) is 24.3 Å². The molecule has 5 heteroatoms. The summed E-state index contributed by atoms with van der Waals surface area (Å²) in [5.74, 6) is 0.206. The Balaban J connectivity index is 1.60. The Hall–Kier alpha value is -2.66. The SMILES string of the molecule is CCN(CC)CCNC(=O)c1ccc(NC(=O)[C@@H](c2ccccc2)C2CCCC2)cc1. The molecule has 31 heavy (non-hydrogen) atoms. The van der Waals surface area contributed by atoms with Gasteiger partial charge in [-0.1, -0.05) is 57.0 Å². The number of rotatable bonds is 10. The van der Waals surface area contributed by atoms with E-state index in [2.05, 4.69) is 29.4 Å². The molecule has 0 radical (unpaired) electrons. The quantitative estimate of drug-likeness (QED) is 0.586. The summed E-state index contributed by atoms with van der Waals surface area (Å²) in [4.78, 5) is 27.8. The maximum atomic E-state index is 13.2. The molecular weight excluding hydrogens is 386 g/mol. The third-order valence-electron chi connectivity index (χ3n) is 6.34. The van der Waals surface area contributed by atoms with Crippen LogP contribution in [0.3, 0.4) is 0 Å². The van der Waals surface area contributed by atoms with Crippen molar-refractivity contribution < 1.29 is 9.59 Å². The summed E-state index contributed by atoms with van der Waals surface area (Å²) >= 11 is 0. The molecular formula is C26H35N3O2. The van der Waals surface area contributed by atoms with Gasteiger partial charge in [0.15, 0.2) is 0 Å². The maximum absolute atomic E-state index is 13.2. The van der Waals surface area contributed by atoms with E-state index >= 15 is 0 Å². The summed E-state index contributed by atoms with van der Waals surface area (Å²) in [5.41, 5.74) is 2.41. The van der Waals surface area contributed by atoms with E-state index in [1.54, 1.807) is 12.1 Å². The third kappa shape index (κ3) is 6.41. The Kier molecular flexibility index (Phi) is 8.65. The summed E-state index contributed by atoms with van der Waals surface area (Å²) in [5, 5.41) is 6.05. The number of likely N-dealkylation sites (N-methyl/N-ethyl adjacent to an activating group) is 1. The molecule has 5 nitrogen and oxygen atoms in total. The van der Waals surface area contributed by atoms with Crippen LogP contribution in [-0.4, -0.2) is 42.9 Å². The number of anilines is 1. The van der Waals surface area contributed by atoms with Crippen LogP contribution in [0.2, 0.25) is 0 Å². The third-order valence-corrected chi connectivity index (χ3v) is 6.34. The van der Waals surface area contributed by atoms with Gasteiger partial charge in [-0.2, -0.15) is 0 Å². The first kappa shape index (κ1) is 23.0. The van der Waals surface area contributed by atoms with Gasteiger partial charge in [-0.15, -0.1) is 0 Å². The largest absolute Gasteiger partial charge is 0.351 e. The van der Waals surface area contributed by atoms with Crippen LogP contribution in [-0.2, 0) is 4.79 Å². The van der Waals surface area contributed by atoms with E-state index in [9.17, 15) is 9.59 Å². The summed E-state index contributed by atoms with van der Waals surface area (Å²) in [6.45, 7) is 7.66. The van der Waals surface area contributed by atoms with Crippen molar-refractivity contribution in [2.24, 2.45) is 5.92 Å². The molecule has 0 bridgehead atoms. The molecule has 0 unspecified atom stereocenters. The zero-order valence-corrected chi connectivity index (χ0v) is 18.8. The van der Waals surface area contributed by atoms with Gasteiger partial charge in [-0.3, -0.25) is 9.59 Å². The lowest BCUT2D eigenvalue weighted by Crippen LogP contribution is -2.34.